The zero-order valence-corrected chi connectivity index (χ0v) is 30.5. The summed E-state index contributed by atoms with van der Waals surface area (Å²) in [6, 6.07) is 63.6. The van der Waals surface area contributed by atoms with E-state index >= 15 is 0 Å². The molecule has 7 nitrogen and oxygen atoms in total. The van der Waals surface area contributed by atoms with E-state index in [0.717, 1.165) is 66.2 Å². The number of fused-ring (bicyclic) bond motifs is 9. The van der Waals surface area contributed by atoms with E-state index in [1.54, 1.807) is 0 Å². The number of aromatic nitrogens is 7. The van der Waals surface area contributed by atoms with Crippen LogP contribution < -0.4 is 0 Å². The van der Waals surface area contributed by atoms with Gasteiger partial charge in [-0.2, -0.15) is 9.97 Å². The third-order valence-corrected chi connectivity index (χ3v) is 11.2. The third-order valence-electron chi connectivity index (χ3n) is 11.2. The molecule has 12 rings (SSSR count). The van der Waals surface area contributed by atoms with E-state index in [9.17, 15) is 0 Å². The van der Waals surface area contributed by atoms with Crippen LogP contribution in [-0.4, -0.2) is 33.6 Å². The third kappa shape index (κ3) is 4.72. The quantitative estimate of drug-likeness (QED) is 0.177. The second-order valence-electron chi connectivity index (χ2n) is 14.3. The zero-order chi connectivity index (χ0) is 37.5. The van der Waals surface area contributed by atoms with Gasteiger partial charge in [0.1, 0.15) is 5.65 Å². The minimum atomic E-state index is 0.546. The smallest absolute Gasteiger partial charge is 0.238 e. The van der Waals surface area contributed by atoms with Gasteiger partial charge in [0, 0.05) is 55.3 Å². The molecule has 0 aliphatic carbocycles. The number of rotatable bonds is 5. The summed E-state index contributed by atoms with van der Waals surface area (Å²) in [5.74, 6) is 1.72. The molecule has 0 radical (unpaired) electrons. The van der Waals surface area contributed by atoms with Gasteiger partial charge in [0.05, 0.1) is 33.3 Å². The molecule has 0 bridgehead atoms. The second-order valence-corrected chi connectivity index (χ2v) is 14.3. The number of hydrogen-bond acceptors (Lipinski definition) is 4. The molecule has 0 aliphatic rings. The molecule has 57 heavy (non-hydrogen) atoms. The molecular weight excluding hydrogens is 699 g/mol. The molecule has 7 aromatic carbocycles. The monoisotopic (exact) mass is 729 g/mol. The molecule has 0 amide bonds. The average molecular weight is 730 g/mol. The van der Waals surface area contributed by atoms with Gasteiger partial charge in [-0.15, -0.1) is 0 Å². The van der Waals surface area contributed by atoms with Crippen molar-refractivity contribution in [3.63, 3.8) is 0 Å². The van der Waals surface area contributed by atoms with Crippen molar-refractivity contribution in [2.24, 2.45) is 0 Å². The van der Waals surface area contributed by atoms with Crippen LogP contribution in [0.2, 0.25) is 0 Å². The fourth-order valence-corrected chi connectivity index (χ4v) is 8.72. The predicted molar refractivity (Wildman–Crippen MR) is 232 cm³/mol. The standard InChI is InChI=1S/C50H31N7/c1-2-15-32(16-3-1)47-52-48(39-21-8-13-27-45(39)56-43-25-11-6-19-36(43)38-22-14-30-51-49(38)56)54-50(53-47)57-44-26-12-7-20-37(44)40-31-33(28-29-46(40)57)55-41-23-9-4-17-34(41)35-18-5-10-24-42(35)55/h1-31H. The fourth-order valence-electron chi connectivity index (χ4n) is 8.72. The summed E-state index contributed by atoms with van der Waals surface area (Å²) in [6.45, 7) is 0. The van der Waals surface area contributed by atoms with Crippen LogP contribution >= 0.6 is 0 Å². The lowest BCUT2D eigenvalue weighted by molar-refractivity contribution is 0.951. The Bertz CT molecular complexity index is 3430. The molecular formula is C50H31N7. The van der Waals surface area contributed by atoms with Crippen molar-refractivity contribution in [3.8, 4) is 40.1 Å². The van der Waals surface area contributed by atoms with Crippen molar-refractivity contribution in [1.82, 2.24) is 33.6 Å². The summed E-state index contributed by atoms with van der Waals surface area (Å²) < 4.78 is 6.77. The summed E-state index contributed by atoms with van der Waals surface area (Å²) in [5.41, 5.74) is 10.1. The molecule has 0 spiro atoms. The van der Waals surface area contributed by atoms with Gasteiger partial charge in [0.2, 0.25) is 5.95 Å². The van der Waals surface area contributed by atoms with E-state index in [1.807, 2.05) is 36.5 Å². The molecule has 0 N–H and O–H groups in total. The lowest BCUT2D eigenvalue weighted by Gasteiger charge is -2.15. The molecule has 0 saturated heterocycles. The summed E-state index contributed by atoms with van der Waals surface area (Å²) in [6.07, 6.45) is 1.85. The van der Waals surface area contributed by atoms with Gasteiger partial charge in [-0.05, 0) is 66.7 Å². The van der Waals surface area contributed by atoms with E-state index < -0.39 is 0 Å². The van der Waals surface area contributed by atoms with Crippen molar-refractivity contribution in [2.75, 3.05) is 0 Å². The normalized spacial score (nSPS) is 11.9. The highest BCUT2D eigenvalue weighted by Gasteiger charge is 2.22. The number of hydrogen-bond donors (Lipinski definition) is 0. The fraction of sp³-hybridized carbons (Fsp3) is 0. The molecule has 12 aromatic rings. The summed E-state index contributed by atoms with van der Waals surface area (Å²) in [5, 5.41) is 6.94. The van der Waals surface area contributed by atoms with Gasteiger partial charge in [0.15, 0.2) is 11.6 Å². The van der Waals surface area contributed by atoms with Crippen molar-refractivity contribution in [3.05, 3.63) is 188 Å². The van der Waals surface area contributed by atoms with Gasteiger partial charge in [-0.1, -0.05) is 115 Å². The molecule has 7 heteroatoms. The first-order chi connectivity index (χ1) is 28.3. The van der Waals surface area contributed by atoms with Gasteiger partial charge >= 0.3 is 0 Å². The minimum absolute atomic E-state index is 0.546. The van der Waals surface area contributed by atoms with Crippen LogP contribution in [0.5, 0.6) is 0 Å². The van der Waals surface area contributed by atoms with Crippen LogP contribution in [-0.2, 0) is 0 Å². The summed E-state index contributed by atoms with van der Waals surface area (Å²) >= 11 is 0. The molecule has 0 fully saturated rings. The average Bonchev–Trinajstić information content (AvgIpc) is 3.92. The molecule has 0 aliphatic heterocycles. The summed E-state index contributed by atoms with van der Waals surface area (Å²) in [7, 11) is 0. The summed E-state index contributed by atoms with van der Waals surface area (Å²) in [4.78, 5) is 20.7. The van der Waals surface area contributed by atoms with E-state index in [1.165, 1.54) is 21.8 Å². The van der Waals surface area contributed by atoms with Crippen LogP contribution in [0.3, 0.4) is 0 Å². The van der Waals surface area contributed by atoms with Crippen molar-refractivity contribution in [1.29, 1.82) is 0 Å². The Balaban J connectivity index is 1.12. The van der Waals surface area contributed by atoms with E-state index in [-0.39, 0.29) is 0 Å². The molecule has 5 heterocycles. The highest BCUT2D eigenvalue weighted by atomic mass is 15.2. The highest BCUT2D eigenvalue weighted by Crippen LogP contribution is 2.38. The van der Waals surface area contributed by atoms with E-state index in [2.05, 4.69) is 165 Å². The molecule has 0 atom stereocenters. The van der Waals surface area contributed by atoms with Crippen LogP contribution in [0, 0.1) is 0 Å². The Kier molecular flexibility index (Phi) is 6.79. The number of para-hydroxylation sites is 5. The highest BCUT2D eigenvalue weighted by molar-refractivity contribution is 6.12. The maximum Gasteiger partial charge on any atom is 0.238 e. The SMILES string of the molecule is c1ccc(-c2nc(-c3ccccc3-n3c4ccccc4c4cccnc43)nc(-n3c4ccccc4c4cc(-n5c6ccccc6c6ccccc65)ccc43)n2)cc1. The van der Waals surface area contributed by atoms with Gasteiger partial charge in [0.25, 0.3) is 0 Å². The van der Waals surface area contributed by atoms with Gasteiger partial charge in [-0.25, -0.2) is 9.97 Å². The molecule has 0 unspecified atom stereocenters. The first-order valence-electron chi connectivity index (χ1n) is 19.1. The largest absolute Gasteiger partial charge is 0.309 e. The first-order valence-corrected chi connectivity index (χ1v) is 19.1. The first kappa shape index (κ1) is 31.5. The van der Waals surface area contributed by atoms with E-state index in [4.69, 9.17) is 19.9 Å². The number of pyridine rings is 1. The van der Waals surface area contributed by atoms with Crippen molar-refractivity contribution >= 4 is 65.5 Å². The van der Waals surface area contributed by atoms with E-state index in [0.29, 0.717) is 17.6 Å². The maximum absolute atomic E-state index is 5.36. The van der Waals surface area contributed by atoms with Crippen LogP contribution in [0.15, 0.2) is 188 Å². The van der Waals surface area contributed by atoms with Crippen LogP contribution in [0.1, 0.15) is 0 Å². The van der Waals surface area contributed by atoms with Crippen LogP contribution in [0.4, 0.5) is 0 Å². The number of benzene rings is 7. The zero-order valence-electron chi connectivity index (χ0n) is 30.5. The molecule has 266 valence electrons. The Morgan fingerprint density at radius 2 is 0.877 bits per heavy atom. The lowest BCUT2D eigenvalue weighted by Crippen LogP contribution is -2.08. The predicted octanol–water partition coefficient (Wildman–Crippen LogP) is 11.9. The Hall–Kier alpha value is -7.90. The Morgan fingerprint density at radius 3 is 1.60 bits per heavy atom. The topological polar surface area (TPSA) is 66.3 Å². The lowest BCUT2D eigenvalue weighted by atomic mass is 10.1. The van der Waals surface area contributed by atoms with Gasteiger partial charge < -0.3 is 4.57 Å². The van der Waals surface area contributed by atoms with Crippen molar-refractivity contribution in [2.45, 2.75) is 0 Å². The second kappa shape index (κ2) is 12.3. The molecule has 5 aromatic heterocycles. The Morgan fingerprint density at radius 1 is 0.351 bits per heavy atom. The number of nitrogens with zero attached hydrogens (tertiary/aromatic N) is 7. The van der Waals surface area contributed by atoms with Crippen LogP contribution in [0.25, 0.3) is 106 Å². The Labute approximate surface area is 326 Å². The maximum atomic E-state index is 5.36. The van der Waals surface area contributed by atoms with Crippen molar-refractivity contribution < 1.29 is 0 Å². The minimum Gasteiger partial charge on any atom is -0.309 e. The van der Waals surface area contributed by atoms with Gasteiger partial charge in [-0.3, -0.25) is 9.13 Å². The molecule has 0 saturated carbocycles.